The number of benzene rings is 2. The van der Waals surface area contributed by atoms with Gasteiger partial charge in [0, 0.05) is 24.1 Å². The van der Waals surface area contributed by atoms with E-state index in [9.17, 15) is 18.5 Å². The van der Waals surface area contributed by atoms with Gasteiger partial charge >= 0.3 is 0 Å². The molecule has 8 nitrogen and oxygen atoms in total. The molecule has 0 saturated heterocycles. The molecule has 2 aromatic carbocycles. The molecular formula is C14H12N2O6S. The maximum absolute atomic E-state index is 11.5. The summed E-state index contributed by atoms with van der Waals surface area (Å²) in [5.74, 6) is 1.13. The number of sulfone groups is 1. The van der Waals surface area contributed by atoms with Gasteiger partial charge in [0.1, 0.15) is 5.69 Å². The van der Waals surface area contributed by atoms with Crippen molar-refractivity contribution in [3.05, 3.63) is 46.5 Å². The first-order valence-corrected chi connectivity index (χ1v) is 8.39. The van der Waals surface area contributed by atoms with Crippen molar-refractivity contribution in [1.29, 1.82) is 0 Å². The highest BCUT2D eigenvalue weighted by Gasteiger charge is 2.20. The Hall–Kier alpha value is -2.81. The lowest BCUT2D eigenvalue weighted by Gasteiger charge is -2.09. The number of rotatable bonds is 4. The summed E-state index contributed by atoms with van der Waals surface area (Å²) in [6.45, 7) is 0.127. The maximum atomic E-state index is 11.5. The average molecular weight is 336 g/mol. The predicted molar refractivity (Wildman–Crippen MR) is 82.1 cm³/mol. The molecule has 0 aliphatic carbocycles. The van der Waals surface area contributed by atoms with Crippen LogP contribution < -0.4 is 14.8 Å². The standard InChI is InChI=1S/C14H12N2O6S/c1-23(19,20)10-3-4-11(12(7-10)16(17)18)15-9-2-5-13-14(6-9)22-8-21-13/h2-7,15H,8H2,1H3. The average Bonchev–Trinajstić information content (AvgIpc) is 2.93. The molecule has 0 unspecified atom stereocenters. The van der Waals surface area contributed by atoms with Gasteiger partial charge in [-0.3, -0.25) is 10.1 Å². The van der Waals surface area contributed by atoms with E-state index < -0.39 is 14.8 Å². The minimum atomic E-state index is -3.53. The number of nitrogens with zero attached hydrogens (tertiary/aromatic N) is 1. The first-order valence-electron chi connectivity index (χ1n) is 6.50. The van der Waals surface area contributed by atoms with E-state index in [2.05, 4.69) is 5.32 Å². The van der Waals surface area contributed by atoms with Gasteiger partial charge in [0.15, 0.2) is 21.3 Å². The van der Waals surface area contributed by atoms with E-state index in [0.29, 0.717) is 17.2 Å². The molecule has 2 aromatic rings. The van der Waals surface area contributed by atoms with Crippen LogP contribution in [-0.2, 0) is 9.84 Å². The molecule has 23 heavy (non-hydrogen) atoms. The summed E-state index contributed by atoms with van der Waals surface area (Å²) < 4.78 is 33.5. The van der Waals surface area contributed by atoms with Crippen molar-refractivity contribution in [2.24, 2.45) is 0 Å². The Kier molecular flexibility index (Phi) is 3.57. The van der Waals surface area contributed by atoms with Gasteiger partial charge in [-0.1, -0.05) is 0 Å². The number of nitro benzene ring substituents is 1. The maximum Gasteiger partial charge on any atom is 0.293 e. The minimum Gasteiger partial charge on any atom is -0.454 e. The molecular weight excluding hydrogens is 324 g/mol. The van der Waals surface area contributed by atoms with Crippen molar-refractivity contribution in [2.45, 2.75) is 4.90 Å². The van der Waals surface area contributed by atoms with Gasteiger partial charge in [-0.25, -0.2) is 8.42 Å². The molecule has 1 heterocycles. The second kappa shape index (κ2) is 5.43. The van der Waals surface area contributed by atoms with Crippen LogP contribution in [0.15, 0.2) is 41.3 Å². The first kappa shape index (κ1) is 15.1. The molecule has 1 N–H and O–H groups in total. The molecule has 0 radical (unpaired) electrons. The summed E-state index contributed by atoms with van der Waals surface area (Å²) in [5.41, 5.74) is 0.413. The molecule has 9 heteroatoms. The van der Waals surface area contributed by atoms with Crippen LogP contribution in [-0.4, -0.2) is 26.4 Å². The Labute approximate surface area is 131 Å². The third-order valence-electron chi connectivity index (χ3n) is 3.25. The summed E-state index contributed by atoms with van der Waals surface area (Å²) in [6.07, 6.45) is 0.997. The van der Waals surface area contributed by atoms with E-state index in [1.807, 2.05) is 0 Å². The highest BCUT2D eigenvalue weighted by molar-refractivity contribution is 7.90. The van der Waals surface area contributed by atoms with Crippen molar-refractivity contribution in [3.8, 4) is 11.5 Å². The molecule has 3 rings (SSSR count). The molecule has 0 bridgehead atoms. The van der Waals surface area contributed by atoms with E-state index in [1.54, 1.807) is 18.2 Å². The van der Waals surface area contributed by atoms with Crippen LogP contribution in [0.4, 0.5) is 17.1 Å². The lowest BCUT2D eigenvalue weighted by atomic mass is 10.2. The minimum absolute atomic E-state index is 0.111. The van der Waals surface area contributed by atoms with Crippen LogP contribution in [0.5, 0.6) is 11.5 Å². The van der Waals surface area contributed by atoms with E-state index in [-0.39, 0.29) is 23.1 Å². The highest BCUT2D eigenvalue weighted by atomic mass is 32.2. The van der Waals surface area contributed by atoms with Crippen molar-refractivity contribution in [3.63, 3.8) is 0 Å². The summed E-state index contributed by atoms with van der Waals surface area (Å²) >= 11 is 0. The van der Waals surface area contributed by atoms with Crippen molar-refractivity contribution in [1.82, 2.24) is 0 Å². The van der Waals surface area contributed by atoms with Crippen LogP contribution in [0.3, 0.4) is 0 Å². The summed E-state index contributed by atoms with van der Waals surface area (Å²) in [7, 11) is -3.53. The molecule has 1 aliphatic heterocycles. The number of nitro groups is 1. The fourth-order valence-electron chi connectivity index (χ4n) is 2.13. The lowest BCUT2D eigenvalue weighted by molar-refractivity contribution is -0.384. The zero-order chi connectivity index (χ0) is 16.6. The Morgan fingerprint density at radius 1 is 1.13 bits per heavy atom. The molecule has 0 fully saturated rings. The van der Waals surface area contributed by atoms with Gasteiger partial charge in [-0.15, -0.1) is 0 Å². The van der Waals surface area contributed by atoms with E-state index in [0.717, 1.165) is 12.3 Å². The molecule has 0 atom stereocenters. The van der Waals surface area contributed by atoms with Gasteiger partial charge in [-0.2, -0.15) is 0 Å². The zero-order valence-corrected chi connectivity index (χ0v) is 12.8. The second-order valence-corrected chi connectivity index (χ2v) is 6.92. The van der Waals surface area contributed by atoms with E-state index in [4.69, 9.17) is 9.47 Å². The Morgan fingerprint density at radius 2 is 1.87 bits per heavy atom. The number of hydrogen-bond donors (Lipinski definition) is 1. The molecule has 1 aliphatic rings. The van der Waals surface area contributed by atoms with Crippen LogP contribution in [0.1, 0.15) is 0 Å². The third-order valence-corrected chi connectivity index (χ3v) is 4.36. The lowest BCUT2D eigenvalue weighted by Crippen LogP contribution is -2.02. The number of ether oxygens (including phenoxy) is 2. The fourth-order valence-corrected chi connectivity index (χ4v) is 2.77. The fraction of sp³-hybridized carbons (Fsp3) is 0.143. The summed E-state index contributed by atoms with van der Waals surface area (Å²) in [5, 5.41) is 14.1. The van der Waals surface area contributed by atoms with Crippen LogP contribution >= 0.6 is 0 Å². The highest BCUT2D eigenvalue weighted by Crippen LogP contribution is 2.36. The van der Waals surface area contributed by atoms with Crippen LogP contribution in [0, 0.1) is 10.1 Å². The van der Waals surface area contributed by atoms with Crippen molar-refractivity contribution < 1.29 is 22.8 Å². The van der Waals surface area contributed by atoms with Gasteiger partial charge < -0.3 is 14.8 Å². The molecule has 0 amide bonds. The van der Waals surface area contributed by atoms with Crippen LogP contribution in [0.25, 0.3) is 0 Å². The Balaban J connectivity index is 1.98. The molecule has 0 aromatic heterocycles. The van der Waals surface area contributed by atoms with Crippen molar-refractivity contribution >= 4 is 26.9 Å². The Bertz CT molecular complexity index is 894. The topological polar surface area (TPSA) is 108 Å². The largest absolute Gasteiger partial charge is 0.454 e. The monoisotopic (exact) mass is 336 g/mol. The number of fused-ring (bicyclic) bond motifs is 1. The quantitative estimate of drug-likeness (QED) is 0.675. The predicted octanol–water partition coefficient (Wildman–Crippen LogP) is 2.47. The number of anilines is 2. The second-order valence-electron chi connectivity index (χ2n) is 4.90. The third kappa shape index (κ3) is 3.04. The van der Waals surface area contributed by atoms with Gasteiger partial charge in [0.2, 0.25) is 6.79 Å². The smallest absolute Gasteiger partial charge is 0.293 e. The van der Waals surface area contributed by atoms with Crippen molar-refractivity contribution in [2.75, 3.05) is 18.4 Å². The number of hydrogen-bond acceptors (Lipinski definition) is 7. The summed E-state index contributed by atoms with van der Waals surface area (Å²) in [4.78, 5) is 10.5. The Morgan fingerprint density at radius 3 is 2.57 bits per heavy atom. The van der Waals surface area contributed by atoms with Gasteiger partial charge in [-0.05, 0) is 24.3 Å². The van der Waals surface area contributed by atoms with Gasteiger partial charge in [0.05, 0.1) is 9.82 Å². The first-order chi connectivity index (χ1) is 10.8. The SMILES string of the molecule is CS(=O)(=O)c1ccc(Nc2ccc3c(c2)OCO3)c([N+](=O)[O-])c1. The molecule has 0 spiro atoms. The number of nitrogens with one attached hydrogen (secondary N) is 1. The zero-order valence-electron chi connectivity index (χ0n) is 12.0. The van der Waals surface area contributed by atoms with Gasteiger partial charge in [0.25, 0.3) is 5.69 Å². The van der Waals surface area contributed by atoms with Crippen LogP contribution in [0.2, 0.25) is 0 Å². The van der Waals surface area contributed by atoms with E-state index >= 15 is 0 Å². The molecule has 0 saturated carbocycles. The summed E-state index contributed by atoms with van der Waals surface area (Å²) in [6, 6.07) is 8.72. The molecule has 120 valence electrons. The normalized spacial score (nSPS) is 12.9. The van der Waals surface area contributed by atoms with E-state index in [1.165, 1.54) is 12.1 Å².